The summed E-state index contributed by atoms with van der Waals surface area (Å²) in [6.45, 7) is 8.51. The number of hydrogen-bond donors (Lipinski definition) is 0. The molecule has 0 atom stereocenters. The van der Waals surface area contributed by atoms with Crippen molar-refractivity contribution in [3.05, 3.63) is 71.4 Å². The molecule has 2 aromatic carbocycles. The van der Waals surface area contributed by atoms with E-state index in [0.29, 0.717) is 0 Å². The van der Waals surface area contributed by atoms with Crippen LogP contribution in [0, 0.1) is 6.92 Å². The predicted molar refractivity (Wildman–Crippen MR) is 143 cm³/mol. The highest BCUT2D eigenvalue weighted by Crippen LogP contribution is 2.34. The fourth-order valence-corrected chi connectivity index (χ4v) is 5.14. The van der Waals surface area contributed by atoms with E-state index in [2.05, 4.69) is 75.8 Å². The topological polar surface area (TPSA) is 36.8 Å². The molecule has 186 valence electrons. The van der Waals surface area contributed by atoms with Gasteiger partial charge >= 0.3 is 0 Å². The van der Waals surface area contributed by atoms with Crippen LogP contribution in [0.5, 0.6) is 5.75 Å². The number of ether oxygens (including phenoxy) is 1. The van der Waals surface area contributed by atoms with Gasteiger partial charge in [-0.15, -0.1) is 0 Å². The fourth-order valence-electron chi connectivity index (χ4n) is 5.14. The highest BCUT2D eigenvalue weighted by atomic mass is 16.5. The van der Waals surface area contributed by atoms with Gasteiger partial charge in [-0.3, -0.25) is 4.90 Å². The lowest BCUT2D eigenvalue weighted by molar-refractivity contribution is 0.250. The van der Waals surface area contributed by atoms with E-state index in [4.69, 9.17) is 9.84 Å². The molecule has 1 saturated heterocycles. The van der Waals surface area contributed by atoms with Gasteiger partial charge in [0.2, 0.25) is 0 Å². The van der Waals surface area contributed by atoms with Crippen LogP contribution in [-0.2, 0) is 13.0 Å². The zero-order valence-electron chi connectivity index (χ0n) is 21.5. The van der Waals surface area contributed by atoms with Crippen LogP contribution >= 0.6 is 0 Å². The van der Waals surface area contributed by atoms with Crippen LogP contribution in [0.2, 0.25) is 0 Å². The van der Waals surface area contributed by atoms with Gasteiger partial charge in [0.15, 0.2) is 0 Å². The smallest absolute Gasteiger partial charge is 0.137 e. The number of piperazine rings is 1. The summed E-state index contributed by atoms with van der Waals surface area (Å²) in [4.78, 5) is 7.68. The monoisotopic (exact) mass is 473 g/mol. The Morgan fingerprint density at radius 2 is 1.69 bits per heavy atom. The van der Waals surface area contributed by atoms with E-state index in [9.17, 15) is 0 Å². The van der Waals surface area contributed by atoms with Crippen LogP contribution < -0.4 is 9.64 Å². The molecule has 35 heavy (non-hydrogen) atoms. The van der Waals surface area contributed by atoms with Crippen molar-refractivity contribution in [1.82, 2.24) is 19.6 Å². The fraction of sp³-hybridized carbons (Fsp3) is 0.483. The third-order valence-electron chi connectivity index (χ3n) is 7.46. The Hall–Kier alpha value is -2.83. The third-order valence-corrected chi connectivity index (χ3v) is 7.46. The summed E-state index contributed by atoms with van der Waals surface area (Å²) in [6.07, 6.45) is 4.97. The van der Waals surface area contributed by atoms with Gasteiger partial charge in [-0.2, -0.15) is 5.10 Å². The lowest BCUT2D eigenvalue weighted by Gasteiger charge is -2.35. The number of rotatable bonds is 10. The summed E-state index contributed by atoms with van der Waals surface area (Å²) in [5.74, 6) is 2.15. The van der Waals surface area contributed by atoms with Gasteiger partial charge in [-0.05, 0) is 76.0 Å². The molecule has 1 aliphatic carbocycles. The van der Waals surface area contributed by atoms with Crippen LogP contribution in [0.25, 0.3) is 5.69 Å². The van der Waals surface area contributed by atoms with Crippen molar-refractivity contribution in [3.8, 4) is 11.4 Å². The van der Waals surface area contributed by atoms with Crippen LogP contribution in [0.1, 0.15) is 36.1 Å². The highest BCUT2D eigenvalue weighted by Gasteiger charge is 2.32. The molecule has 0 N–H and O–H groups in total. The maximum Gasteiger partial charge on any atom is 0.137 e. The molecule has 2 aliphatic rings. The molecule has 0 bridgehead atoms. The third kappa shape index (κ3) is 5.71. The average molecular weight is 474 g/mol. The first-order chi connectivity index (χ1) is 17.1. The average Bonchev–Trinajstić information content (AvgIpc) is 3.69. The Bertz CT molecular complexity index is 1080. The standard InChI is InChI=1S/C29H39N5O/c1-23-28(22-33(25-11-12-25)17-7-10-24-8-5-4-6-9-24)29(32-20-18-31(2)19-21-32)34(30-23)26-13-15-27(35-3)16-14-26/h4-6,8-9,13-16,25H,7,10-12,17-22H2,1-3H3. The van der Waals surface area contributed by atoms with Gasteiger partial charge in [-0.25, -0.2) is 4.68 Å². The Kier molecular flexibility index (Phi) is 7.40. The van der Waals surface area contributed by atoms with Crippen molar-refractivity contribution in [2.75, 3.05) is 51.8 Å². The van der Waals surface area contributed by atoms with Crippen molar-refractivity contribution < 1.29 is 4.74 Å². The first-order valence-electron chi connectivity index (χ1n) is 13.1. The van der Waals surface area contributed by atoms with E-state index in [1.165, 1.54) is 36.2 Å². The summed E-state index contributed by atoms with van der Waals surface area (Å²) in [5, 5.41) is 5.09. The Morgan fingerprint density at radius 1 is 0.971 bits per heavy atom. The van der Waals surface area contributed by atoms with Crippen LogP contribution in [0.3, 0.4) is 0 Å². The number of anilines is 1. The number of benzene rings is 2. The summed E-state index contributed by atoms with van der Waals surface area (Å²) < 4.78 is 7.57. The van der Waals surface area contributed by atoms with E-state index in [-0.39, 0.29) is 0 Å². The lowest BCUT2D eigenvalue weighted by Crippen LogP contribution is -2.45. The Morgan fingerprint density at radius 3 is 2.34 bits per heavy atom. The first kappa shape index (κ1) is 23.9. The first-order valence-corrected chi connectivity index (χ1v) is 13.1. The molecule has 6 heteroatoms. The molecule has 5 rings (SSSR count). The molecule has 0 unspecified atom stereocenters. The van der Waals surface area contributed by atoms with E-state index in [1.807, 2.05) is 12.1 Å². The minimum atomic E-state index is 0.717. The molecule has 6 nitrogen and oxygen atoms in total. The second kappa shape index (κ2) is 10.8. The SMILES string of the molecule is COc1ccc(-n2nc(C)c(CN(CCCc3ccccc3)C3CC3)c2N2CCN(C)CC2)cc1. The van der Waals surface area contributed by atoms with Gasteiger partial charge in [0.25, 0.3) is 0 Å². The number of aromatic nitrogens is 2. The highest BCUT2D eigenvalue weighted by molar-refractivity contribution is 5.56. The maximum atomic E-state index is 5.40. The van der Waals surface area contributed by atoms with Crippen molar-refractivity contribution >= 4 is 5.82 Å². The Balaban J connectivity index is 1.40. The number of likely N-dealkylation sites (N-methyl/N-ethyl adjacent to an activating group) is 1. The number of methoxy groups -OCH3 is 1. The lowest BCUT2D eigenvalue weighted by atomic mass is 10.1. The van der Waals surface area contributed by atoms with E-state index in [0.717, 1.165) is 68.9 Å². The van der Waals surface area contributed by atoms with Crippen molar-refractivity contribution in [3.63, 3.8) is 0 Å². The predicted octanol–water partition coefficient (Wildman–Crippen LogP) is 4.54. The molecule has 0 amide bonds. The van der Waals surface area contributed by atoms with E-state index >= 15 is 0 Å². The van der Waals surface area contributed by atoms with Gasteiger partial charge < -0.3 is 14.5 Å². The van der Waals surface area contributed by atoms with Crippen LogP contribution in [0.15, 0.2) is 54.6 Å². The molecule has 0 spiro atoms. The zero-order valence-corrected chi connectivity index (χ0v) is 21.5. The summed E-state index contributed by atoms with van der Waals surface area (Å²) in [6, 6.07) is 19.9. The molecular formula is C29H39N5O. The molecular weight excluding hydrogens is 434 g/mol. The van der Waals surface area contributed by atoms with Crippen LogP contribution in [-0.4, -0.2) is 72.5 Å². The second-order valence-electron chi connectivity index (χ2n) is 10.1. The number of hydrogen-bond acceptors (Lipinski definition) is 5. The zero-order chi connectivity index (χ0) is 24.2. The minimum absolute atomic E-state index is 0.717. The van der Waals surface area contributed by atoms with E-state index < -0.39 is 0 Å². The largest absolute Gasteiger partial charge is 0.497 e. The second-order valence-corrected chi connectivity index (χ2v) is 10.1. The molecule has 0 radical (unpaired) electrons. The van der Waals surface area contributed by atoms with Gasteiger partial charge in [0.05, 0.1) is 18.5 Å². The minimum Gasteiger partial charge on any atom is -0.497 e. The van der Waals surface area contributed by atoms with Crippen molar-refractivity contribution in [2.45, 2.75) is 45.2 Å². The van der Waals surface area contributed by atoms with Crippen molar-refractivity contribution in [1.29, 1.82) is 0 Å². The molecule has 3 aromatic rings. The van der Waals surface area contributed by atoms with Gasteiger partial charge in [0.1, 0.15) is 11.6 Å². The molecule has 2 heterocycles. The quantitative estimate of drug-likeness (QED) is 0.432. The number of nitrogens with zero attached hydrogens (tertiary/aromatic N) is 5. The molecule has 1 aliphatic heterocycles. The van der Waals surface area contributed by atoms with Gasteiger partial charge in [-0.1, -0.05) is 30.3 Å². The number of aryl methyl sites for hydroxylation is 2. The summed E-state index contributed by atoms with van der Waals surface area (Å²) in [7, 11) is 3.93. The molecule has 1 aromatic heterocycles. The van der Waals surface area contributed by atoms with Crippen molar-refractivity contribution in [2.24, 2.45) is 0 Å². The Labute approximate surface area is 210 Å². The summed E-state index contributed by atoms with van der Waals surface area (Å²) in [5.41, 5.74) is 5.06. The molecule has 1 saturated carbocycles. The molecule has 2 fully saturated rings. The summed E-state index contributed by atoms with van der Waals surface area (Å²) >= 11 is 0. The maximum absolute atomic E-state index is 5.40. The van der Waals surface area contributed by atoms with E-state index in [1.54, 1.807) is 7.11 Å². The normalized spacial score (nSPS) is 16.7. The van der Waals surface area contributed by atoms with Gasteiger partial charge in [0, 0.05) is 44.3 Å². The van der Waals surface area contributed by atoms with Crippen LogP contribution in [0.4, 0.5) is 5.82 Å².